The molecule has 0 aromatic rings. The summed E-state index contributed by atoms with van der Waals surface area (Å²) in [6, 6.07) is 0. The highest BCUT2D eigenvalue weighted by Crippen LogP contribution is 2.45. The molecule has 0 saturated carbocycles. The van der Waals surface area contributed by atoms with Crippen molar-refractivity contribution in [3.8, 4) is 0 Å². The molecule has 0 aliphatic heterocycles. The Kier molecular flexibility index (Phi) is 63.5. The summed E-state index contributed by atoms with van der Waals surface area (Å²) in [6.07, 6.45) is 53.7. The van der Waals surface area contributed by atoms with Crippen LogP contribution in [-0.4, -0.2) is 96.7 Å². The van der Waals surface area contributed by atoms with E-state index >= 15 is 0 Å². The van der Waals surface area contributed by atoms with E-state index in [9.17, 15) is 43.2 Å². The zero-order valence-corrected chi connectivity index (χ0v) is 62.7. The number of allylic oxidation sites excluding steroid dienone is 4. The molecular weight excluding hydrogens is 1230 g/mol. The quantitative estimate of drug-likeness (QED) is 0.0169. The molecule has 0 radical (unpaired) electrons. The van der Waals surface area contributed by atoms with Gasteiger partial charge in [0.05, 0.1) is 26.4 Å². The Morgan fingerprint density at radius 1 is 0.330 bits per heavy atom. The Bertz CT molecular complexity index is 1930. The number of phosphoric ester groups is 2. The average Bonchev–Trinajstić information content (AvgIpc) is 3.52. The summed E-state index contributed by atoms with van der Waals surface area (Å²) >= 11 is 0. The highest BCUT2D eigenvalue weighted by molar-refractivity contribution is 7.47. The van der Waals surface area contributed by atoms with Gasteiger partial charge in [-0.15, -0.1) is 0 Å². The van der Waals surface area contributed by atoms with E-state index in [1.165, 1.54) is 148 Å². The van der Waals surface area contributed by atoms with Crippen molar-refractivity contribution >= 4 is 39.5 Å². The smallest absolute Gasteiger partial charge is 0.462 e. The molecule has 0 fully saturated rings. The van der Waals surface area contributed by atoms with Gasteiger partial charge >= 0.3 is 39.5 Å². The van der Waals surface area contributed by atoms with Crippen molar-refractivity contribution in [1.29, 1.82) is 0 Å². The summed E-state index contributed by atoms with van der Waals surface area (Å²) in [5, 5.41) is 10.6. The largest absolute Gasteiger partial charge is 0.472 e. The van der Waals surface area contributed by atoms with E-state index in [-0.39, 0.29) is 25.7 Å². The van der Waals surface area contributed by atoms with Crippen molar-refractivity contribution < 1.29 is 80.2 Å². The van der Waals surface area contributed by atoms with Gasteiger partial charge in [-0.3, -0.25) is 37.3 Å². The number of aliphatic hydroxyl groups is 1. The van der Waals surface area contributed by atoms with Gasteiger partial charge in [0.1, 0.15) is 19.3 Å². The van der Waals surface area contributed by atoms with Crippen LogP contribution in [0.25, 0.3) is 0 Å². The minimum atomic E-state index is -4.96. The van der Waals surface area contributed by atoms with E-state index in [1.807, 2.05) is 0 Å². The van der Waals surface area contributed by atoms with Crippen LogP contribution in [0, 0.1) is 17.8 Å². The van der Waals surface area contributed by atoms with Crippen molar-refractivity contribution in [3.05, 3.63) is 24.3 Å². The first-order chi connectivity index (χ1) is 45.2. The van der Waals surface area contributed by atoms with Gasteiger partial charge in [0.2, 0.25) is 0 Å². The van der Waals surface area contributed by atoms with Crippen LogP contribution in [-0.2, 0) is 65.4 Å². The van der Waals surface area contributed by atoms with E-state index in [0.717, 1.165) is 121 Å². The van der Waals surface area contributed by atoms with Crippen LogP contribution in [0.3, 0.4) is 0 Å². The molecule has 0 amide bonds. The third-order valence-electron chi connectivity index (χ3n) is 16.8. The molecule has 17 nitrogen and oxygen atoms in total. The van der Waals surface area contributed by atoms with Gasteiger partial charge in [0.25, 0.3) is 0 Å². The summed E-state index contributed by atoms with van der Waals surface area (Å²) in [7, 11) is -9.92. The van der Waals surface area contributed by atoms with Gasteiger partial charge < -0.3 is 33.8 Å². The van der Waals surface area contributed by atoms with Gasteiger partial charge in [0, 0.05) is 25.7 Å². The first-order valence-corrected chi connectivity index (χ1v) is 41.2. The number of rotatable bonds is 71. The summed E-state index contributed by atoms with van der Waals surface area (Å²) in [6.45, 7) is 11.8. The Labute approximate surface area is 573 Å². The number of esters is 4. The molecule has 19 heteroatoms. The standard InChI is InChI=1S/C75H142O17P2/c1-8-9-10-11-12-13-14-15-16-19-25-30-35-44-51-58-74(79)92-71(63-86-73(78)57-50-43-38-37-41-48-55-68(6)7)65-90-94(83,84)88-61-69(76)60-87-93(81,82)89-64-70(91-75(80)59-52-45-36-31-26-21-23-28-33-40-47-54-67(4)5)62-85-72(77)56-49-42-34-29-24-20-17-18-22-27-32-39-46-53-66(2)3/h13-16,66-71,76H,8-12,17-65H2,1-7H3,(H,81,82)(H,83,84)/b14-13-,16-15-/t69-,70-,71-/m1/s1. The fourth-order valence-electron chi connectivity index (χ4n) is 10.9. The Morgan fingerprint density at radius 3 is 0.862 bits per heavy atom. The molecule has 0 spiro atoms. The molecule has 0 bridgehead atoms. The lowest BCUT2D eigenvalue weighted by Gasteiger charge is -2.21. The predicted octanol–water partition coefficient (Wildman–Crippen LogP) is 21.3. The van der Waals surface area contributed by atoms with Crippen LogP contribution in [0.5, 0.6) is 0 Å². The van der Waals surface area contributed by atoms with Gasteiger partial charge in [-0.2, -0.15) is 0 Å². The zero-order valence-electron chi connectivity index (χ0n) is 60.9. The minimum absolute atomic E-state index is 0.0837. The van der Waals surface area contributed by atoms with Crippen LogP contribution in [0.15, 0.2) is 24.3 Å². The second kappa shape index (κ2) is 65.2. The van der Waals surface area contributed by atoms with Crippen LogP contribution in [0.4, 0.5) is 0 Å². The number of ether oxygens (including phenoxy) is 4. The third kappa shape index (κ3) is 68.1. The first kappa shape index (κ1) is 91.5. The number of hydrogen-bond acceptors (Lipinski definition) is 15. The molecule has 554 valence electrons. The number of unbranched alkanes of at least 4 members (excludes halogenated alkanes) is 36. The van der Waals surface area contributed by atoms with E-state index < -0.39 is 97.5 Å². The van der Waals surface area contributed by atoms with Gasteiger partial charge in [0.15, 0.2) is 12.2 Å². The maximum atomic E-state index is 13.1. The van der Waals surface area contributed by atoms with Gasteiger partial charge in [-0.05, 0) is 69.1 Å². The van der Waals surface area contributed by atoms with Gasteiger partial charge in [-0.1, -0.05) is 304 Å². The summed E-state index contributed by atoms with van der Waals surface area (Å²) in [5.74, 6) is 0.0777. The van der Waals surface area contributed by atoms with Crippen LogP contribution in [0.2, 0.25) is 0 Å². The number of hydrogen-bond donors (Lipinski definition) is 3. The monoisotopic (exact) mass is 1380 g/mol. The van der Waals surface area contributed by atoms with Gasteiger partial charge in [-0.25, -0.2) is 9.13 Å². The molecule has 0 aromatic heterocycles. The Morgan fingerprint density at radius 2 is 0.574 bits per heavy atom. The molecule has 0 rings (SSSR count). The highest BCUT2D eigenvalue weighted by Gasteiger charge is 2.30. The molecule has 0 aliphatic rings. The van der Waals surface area contributed by atoms with E-state index in [4.69, 9.17) is 37.0 Å². The zero-order chi connectivity index (χ0) is 69.4. The third-order valence-corrected chi connectivity index (χ3v) is 18.7. The first-order valence-electron chi connectivity index (χ1n) is 38.2. The number of carbonyl (C=O) groups is 4. The van der Waals surface area contributed by atoms with E-state index in [2.05, 4.69) is 72.8 Å². The van der Waals surface area contributed by atoms with Crippen molar-refractivity contribution in [2.75, 3.05) is 39.6 Å². The second-order valence-corrected chi connectivity index (χ2v) is 30.7. The molecule has 0 aromatic carbocycles. The fraction of sp³-hybridized carbons (Fsp3) is 0.893. The molecule has 3 N–H and O–H groups in total. The number of carbonyl (C=O) groups excluding carboxylic acids is 4. The van der Waals surface area contributed by atoms with Crippen molar-refractivity contribution in [2.45, 2.75) is 375 Å². The Hall–Kier alpha value is -2.46. The van der Waals surface area contributed by atoms with Crippen LogP contribution >= 0.6 is 15.6 Å². The summed E-state index contributed by atoms with van der Waals surface area (Å²) < 4.78 is 68.4. The van der Waals surface area contributed by atoms with Crippen LogP contribution < -0.4 is 0 Å². The molecule has 0 heterocycles. The lowest BCUT2D eigenvalue weighted by atomic mass is 10.0. The predicted molar refractivity (Wildman–Crippen MR) is 381 cm³/mol. The van der Waals surface area contributed by atoms with Crippen molar-refractivity contribution in [1.82, 2.24) is 0 Å². The second-order valence-electron chi connectivity index (χ2n) is 27.8. The SMILES string of the molecule is CCCCCC/C=C\C=C/CCCCCCCC(=O)O[C@H](COC(=O)CCCCCCCCC(C)C)COP(=O)(O)OC[C@H](O)COP(=O)(O)OC[C@@H](COC(=O)CCCCCCCCCCCCCCCC(C)C)OC(=O)CCCCCCCCCCCCCC(C)C. The number of aliphatic hydroxyl groups excluding tert-OH is 1. The molecule has 0 aliphatic carbocycles. The topological polar surface area (TPSA) is 237 Å². The molecular formula is C75H142O17P2. The summed E-state index contributed by atoms with van der Waals surface area (Å²) in [5.41, 5.74) is 0. The van der Waals surface area contributed by atoms with Crippen molar-refractivity contribution in [3.63, 3.8) is 0 Å². The Balaban J connectivity index is 5.27. The highest BCUT2D eigenvalue weighted by atomic mass is 31.2. The lowest BCUT2D eigenvalue weighted by Crippen LogP contribution is -2.30. The normalized spacial score (nSPS) is 14.3. The molecule has 0 saturated heterocycles. The number of phosphoric acid groups is 2. The minimum Gasteiger partial charge on any atom is -0.462 e. The van der Waals surface area contributed by atoms with Crippen molar-refractivity contribution in [2.24, 2.45) is 17.8 Å². The maximum Gasteiger partial charge on any atom is 0.472 e. The molecule has 94 heavy (non-hydrogen) atoms. The lowest BCUT2D eigenvalue weighted by molar-refractivity contribution is -0.161. The average molecular weight is 1380 g/mol. The maximum absolute atomic E-state index is 13.1. The molecule has 2 unspecified atom stereocenters. The van der Waals surface area contributed by atoms with E-state index in [1.54, 1.807) is 0 Å². The fourth-order valence-corrected chi connectivity index (χ4v) is 12.5. The van der Waals surface area contributed by atoms with E-state index in [0.29, 0.717) is 31.6 Å². The van der Waals surface area contributed by atoms with Crippen LogP contribution in [0.1, 0.15) is 357 Å². The molecule has 5 atom stereocenters. The summed E-state index contributed by atoms with van der Waals surface area (Å²) in [4.78, 5) is 72.7.